The third kappa shape index (κ3) is 4.01. The van der Waals surface area contributed by atoms with Crippen molar-refractivity contribution in [3.63, 3.8) is 0 Å². The molecular weight excluding hydrogens is 300 g/mol. The number of hydrogen-bond acceptors (Lipinski definition) is 2. The van der Waals surface area contributed by atoms with Crippen molar-refractivity contribution in [2.75, 3.05) is 26.2 Å². The molecule has 1 saturated heterocycles. The van der Waals surface area contributed by atoms with Gasteiger partial charge in [0.05, 0.1) is 6.42 Å². The number of amides is 2. The molecule has 118 valence electrons. The van der Waals surface area contributed by atoms with E-state index < -0.39 is 0 Å². The number of hydrogen-bond donors (Lipinski definition) is 0. The molecule has 2 amide bonds. The van der Waals surface area contributed by atoms with E-state index in [0.29, 0.717) is 43.4 Å². The number of benzene rings is 1. The number of nitrogens with zero attached hydrogens (tertiary/aromatic N) is 2. The number of carbonyl (C=O) groups is 2. The molecule has 0 radical (unpaired) electrons. The zero-order chi connectivity index (χ0) is 15.5. The topological polar surface area (TPSA) is 40.6 Å². The SMILES string of the molecule is O=C(Cc1cccc(Cl)c1)N1CCC(=O)N(CC2CC2)CC1. The van der Waals surface area contributed by atoms with Crippen molar-refractivity contribution >= 4 is 23.4 Å². The van der Waals surface area contributed by atoms with Gasteiger partial charge in [0.15, 0.2) is 0 Å². The lowest BCUT2D eigenvalue weighted by atomic mass is 10.1. The molecule has 2 aliphatic rings. The second-order valence-electron chi connectivity index (χ2n) is 6.22. The van der Waals surface area contributed by atoms with Crippen LogP contribution in [-0.4, -0.2) is 47.8 Å². The van der Waals surface area contributed by atoms with Crippen molar-refractivity contribution in [2.24, 2.45) is 5.92 Å². The molecule has 1 heterocycles. The highest BCUT2D eigenvalue weighted by molar-refractivity contribution is 6.30. The predicted molar refractivity (Wildman–Crippen MR) is 85.7 cm³/mol. The van der Waals surface area contributed by atoms with Crippen LogP contribution in [0.1, 0.15) is 24.8 Å². The lowest BCUT2D eigenvalue weighted by molar-refractivity contribution is -0.130. The van der Waals surface area contributed by atoms with Crippen molar-refractivity contribution < 1.29 is 9.59 Å². The largest absolute Gasteiger partial charge is 0.341 e. The van der Waals surface area contributed by atoms with E-state index in [4.69, 9.17) is 11.6 Å². The van der Waals surface area contributed by atoms with Crippen LogP contribution in [0.5, 0.6) is 0 Å². The summed E-state index contributed by atoms with van der Waals surface area (Å²) in [5, 5.41) is 0.645. The maximum absolute atomic E-state index is 12.4. The highest BCUT2D eigenvalue weighted by Crippen LogP contribution is 2.30. The van der Waals surface area contributed by atoms with Gasteiger partial charge in [0, 0.05) is 37.6 Å². The molecule has 0 spiro atoms. The summed E-state index contributed by atoms with van der Waals surface area (Å²) in [6.07, 6.45) is 3.26. The maximum Gasteiger partial charge on any atom is 0.227 e. The highest BCUT2D eigenvalue weighted by Gasteiger charge is 2.29. The van der Waals surface area contributed by atoms with E-state index >= 15 is 0 Å². The maximum atomic E-state index is 12.4. The zero-order valence-corrected chi connectivity index (χ0v) is 13.4. The Labute approximate surface area is 136 Å². The van der Waals surface area contributed by atoms with Crippen molar-refractivity contribution in [1.82, 2.24) is 9.80 Å². The third-order valence-corrected chi connectivity index (χ3v) is 4.60. The summed E-state index contributed by atoms with van der Waals surface area (Å²) in [7, 11) is 0. The quantitative estimate of drug-likeness (QED) is 0.854. The second kappa shape index (κ2) is 6.69. The molecule has 5 heteroatoms. The third-order valence-electron chi connectivity index (χ3n) is 4.36. The highest BCUT2D eigenvalue weighted by atomic mass is 35.5. The minimum Gasteiger partial charge on any atom is -0.341 e. The van der Waals surface area contributed by atoms with Crippen LogP contribution < -0.4 is 0 Å². The molecule has 0 atom stereocenters. The minimum atomic E-state index is 0.0725. The molecule has 3 rings (SSSR count). The second-order valence-corrected chi connectivity index (χ2v) is 6.66. The fourth-order valence-electron chi connectivity index (χ4n) is 2.85. The summed E-state index contributed by atoms with van der Waals surface area (Å²) in [5.74, 6) is 0.950. The molecule has 1 aliphatic heterocycles. The van der Waals surface area contributed by atoms with Crippen molar-refractivity contribution in [2.45, 2.75) is 25.7 Å². The first kappa shape index (κ1) is 15.3. The lowest BCUT2D eigenvalue weighted by Crippen LogP contribution is -2.37. The van der Waals surface area contributed by atoms with Crippen molar-refractivity contribution in [3.05, 3.63) is 34.9 Å². The van der Waals surface area contributed by atoms with Gasteiger partial charge in [0.25, 0.3) is 0 Å². The van der Waals surface area contributed by atoms with Gasteiger partial charge >= 0.3 is 0 Å². The molecule has 1 aromatic rings. The molecule has 22 heavy (non-hydrogen) atoms. The molecule has 0 aromatic heterocycles. The summed E-state index contributed by atoms with van der Waals surface area (Å²) in [5.41, 5.74) is 0.919. The number of carbonyl (C=O) groups excluding carboxylic acids is 2. The van der Waals surface area contributed by atoms with E-state index in [0.717, 1.165) is 12.1 Å². The predicted octanol–water partition coefficient (Wildman–Crippen LogP) is 2.35. The molecule has 2 fully saturated rings. The Hall–Kier alpha value is -1.55. The first-order valence-electron chi connectivity index (χ1n) is 7.92. The van der Waals surface area contributed by atoms with Gasteiger partial charge in [-0.1, -0.05) is 23.7 Å². The standard InChI is InChI=1S/C17H21ClN2O2/c18-15-3-1-2-14(10-15)11-17(22)19-7-6-16(21)20(9-8-19)12-13-4-5-13/h1-3,10,13H,4-9,11-12H2. The van der Waals surface area contributed by atoms with Crippen LogP contribution >= 0.6 is 11.6 Å². The Morgan fingerprint density at radius 1 is 1.23 bits per heavy atom. The fraction of sp³-hybridized carbons (Fsp3) is 0.529. The van der Waals surface area contributed by atoms with E-state index in [1.807, 2.05) is 28.0 Å². The van der Waals surface area contributed by atoms with Gasteiger partial charge in [-0.2, -0.15) is 0 Å². The Kier molecular flexibility index (Phi) is 4.67. The van der Waals surface area contributed by atoms with E-state index in [2.05, 4.69) is 0 Å². The Morgan fingerprint density at radius 2 is 2.05 bits per heavy atom. The van der Waals surface area contributed by atoms with Gasteiger partial charge in [-0.3, -0.25) is 9.59 Å². The van der Waals surface area contributed by atoms with Crippen LogP contribution in [0, 0.1) is 5.92 Å². The van der Waals surface area contributed by atoms with Crippen LogP contribution in [0.25, 0.3) is 0 Å². The molecule has 1 aromatic carbocycles. The average molecular weight is 321 g/mol. The van der Waals surface area contributed by atoms with Gasteiger partial charge in [0.2, 0.25) is 11.8 Å². The molecule has 0 N–H and O–H groups in total. The minimum absolute atomic E-state index is 0.0725. The first-order chi connectivity index (χ1) is 10.6. The van der Waals surface area contributed by atoms with Crippen molar-refractivity contribution in [1.29, 1.82) is 0 Å². The number of rotatable bonds is 4. The first-order valence-corrected chi connectivity index (χ1v) is 8.29. The van der Waals surface area contributed by atoms with Gasteiger partial charge in [0.1, 0.15) is 0 Å². The van der Waals surface area contributed by atoms with Crippen LogP contribution in [0.15, 0.2) is 24.3 Å². The summed E-state index contributed by atoms with van der Waals surface area (Å²) < 4.78 is 0. The summed E-state index contributed by atoms with van der Waals surface area (Å²) in [6.45, 7) is 2.70. The lowest BCUT2D eigenvalue weighted by Gasteiger charge is -2.22. The Morgan fingerprint density at radius 3 is 2.77 bits per heavy atom. The van der Waals surface area contributed by atoms with E-state index in [1.165, 1.54) is 12.8 Å². The average Bonchev–Trinajstić information content (AvgIpc) is 3.30. The summed E-state index contributed by atoms with van der Waals surface area (Å²) in [4.78, 5) is 28.3. The van der Waals surface area contributed by atoms with Gasteiger partial charge in [-0.15, -0.1) is 0 Å². The van der Waals surface area contributed by atoms with E-state index in [1.54, 1.807) is 6.07 Å². The van der Waals surface area contributed by atoms with Gasteiger partial charge in [-0.05, 0) is 36.5 Å². The summed E-state index contributed by atoms with van der Waals surface area (Å²) in [6, 6.07) is 7.39. The van der Waals surface area contributed by atoms with Gasteiger partial charge < -0.3 is 9.80 Å². The monoisotopic (exact) mass is 320 g/mol. The zero-order valence-electron chi connectivity index (χ0n) is 12.6. The van der Waals surface area contributed by atoms with E-state index in [-0.39, 0.29) is 11.8 Å². The normalized spacial score (nSPS) is 19.2. The molecular formula is C17H21ClN2O2. The molecule has 4 nitrogen and oxygen atoms in total. The Balaban J connectivity index is 1.57. The van der Waals surface area contributed by atoms with E-state index in [9.17, 15) is 9.59 Å². The Bertz CT molecular complexity index is 572. The smallest absolute Gasteiger partial charge is 0.227 e. The number of halogens is 1. The molecule has 0 unspecified atom stereocenters. The van der Waals surface area contributed by atoms with Crippen LogP contribution in [0.4, 0.5) is 0 Å². The van der Waals surface area contributed by atoms with Crippen molar-refractivity contribution in [3.8, 4) is 0 Å². The van der Waals surface area contributed by atoms with Crippen LogP contribution in [-0.2, 0) is 16.0 Å². The molecule has 1 saturated carbocycles. The molecule has 1 aliphatic carbocycles. The fourth-order valence-corrected chi connectivity index (χ4v) is 3.07. The van der Waals surface area contributed by atoms with Crippen LogP contribution in [0.2, 0.25) is 5.02 Å². The van der Waals surface area contributed by atoms with Crippen LogP contribution in [0.3, 0.4) is 0 Å². The molecule has 0 bridgehead atoms. The summed E-state index contributed by atoms with van der Waals surface area (Å²) >= 11 is 5.96. The van der Waals surface area contributed by atoms with Gasteiger partial charge in [-0.25, -0.2) is 0 Å².